The lowest BCUT2D eigenvalue weighted by Gasteiger charge is -2.09. The van der Waals surface area contributed by atoms with Crippen LogP contribution in [0.25, 0.3) is 10.9 Å². The van der Waals surface area contributed by atoms with Crippen LogP contribution >= 0.6 is 0 Å². The molecule has 1 heterocycles. The molecule has 0 aliphatic rings. The van der Waals surface area contributed by atoms with E-state index in [2.05, 4.69) is 4.98 Å². The maximum Gasteiger partial charge on any atom is 0.357 e. The van der Waals surface area contributed by atoms with Gasteiger partial charge in [-0.3, -0.25) is 0 Å². The molecule has 0 saturated heterocycles. The van der Waals surface area contributed by atoms with Crippen LogP contribution in [0.2, 0.25) is 0 Å². The van der Waals surface area contributed by atoms with Crippen LogP contribution in [-0.4, -0.2) is 24.2 Å². The Kier molecular flexibility index (Phi) is 3.77. The van der Waals surface area contributed by atoms with Crippen molar-refractivity contribution in [2.24, 2.45) is 0 Å². The van der Waals surface area contributed by atoms with Crippen molar-refractivity contribution in [1.29, 1.82) is 0 Å². The summed E-state index contributed by atoms with van der Waals surface area (Å²) in [6, 6.07) is 9.18. The highest BCUT2D eigenvalue weighted by Gasteiger charge is 2.13. The predicted octanol–water partition coefficient (Wildman–Crippen LogP) is 2.81. The molecule has 0 N–H and O–H groups in total. The first kappa shape index (κ1) is 12.4. The van der Waals surface area contributed by atoms with Crippen molar-refractivity contribution in [3.63, 3.8) is 0 Å². The number of nitrogens with zero attached hydrogens (tertiary/aromatic N) is 1. The van der Waals surface area contributed by atoms with Gasteiger partial charge in [0, 0.05) is 11.5 Å². The largest absolute Gasteiger partial charge is 0.493 e. The van der Waals surface area contributed by atoms with Gasteiger partial charge < -0.3 is 9.47 Å². The van der Waals surface area contributed by atoms with Crippen molar-refractivity contribution < 1.29 is 14.3 Å². The summed E-state index contributed by atoms with van der Waals surface area (Å²) < 4.78 is 10.5. The third-order valence-electron chi connectivity index (χ3n) is 2.46. The zero-order valence-corrected chi connectivity index (χ0v) is 10.5. The summed E-state index contributed by atoms with van der Waals surface area (Å²) in [6.07, 6.45) is 0. The topological polar surface area (TPSA) is 48.4 Å². The number of esters is 1. The van der Waals surface area contributed by atoms with E-state index in [-0.39, 0.29) is 5.69 Å². The average Bonchev–Trinajstić information content (AvgIpc) is 2.39. The Morgan fingerprint density at radius 2 is 2.00 bits per heavy atom. The lowest BCUT2D eigenvalue weighted by atomic mass is 10.2. The zero-order valence-electron chi connectivity index (χ0n) is 10.5. The quantitative estimate of drug-likeness (QED) is 0.777. The van der Waals surface area contributed by atoms with E-state index in [1.165, 1.54) is 0 Å². The van der Waals surface area contributed by atoms with Gasteiger partial charge in [0.25, 0.3) is 0 Å². The standard InChI is InChI=1S/C14H15NO3/c1-3-17-13-9-12(14(16)18-4-2)15-11-8-6-5-7-10(11)13/h5-9H,3-4H2,1-2H3. The minimum Gasteiger partial charge on any atom is -0.493 e. The summed E-state index contributed by atoms with van der Waals surface area (Å²) in [7, 11) is 0. The fourth-order valence-electron chi connectivity index (χ4n) is 1.73. The monoisotopic (exact) mass is 245 g/mol. The van der Waals surface area contributed by atoms with Gasteiger partial charge in [0.1, 0.15) is 5.75 Å². The third kappa shape index (κ3) is 2.42. The SMILES string of the molecule is CCOC(=O)c1cc(OCC)c2ccccc2n1. The summed E-state index contributed by atoms with van der Waals surface area (Å²) in [4.78, 5) is 16.0. The number of ether oxygens (including phenoxy) is 2. The van der Waals surface area contributed by atoms with E-state index in [9.17, 15) is 4.79 Å². The molecule has 0 fully saturated rings. The molecule has 0 bridgehead atoms. The van der Waals surface area contributed by atoms with Crippen LogP contribution in [0.4, 0.5) is 0 Å². The van der Waals surface area contributed by atoms with Crippen LogP contribution < -0.4 is 4.74 Å². The van der Waals surface area contributed by atoms with E-state index in [0.29, 0.717) is 19.0 Å². The molecule has 2 rings (SSSR count). The molecule has 0 amide bonds. The predicted molar refractivity (Wildman–Crippen MR) is 68.9 cm³/mol. The summed E-state index contributed by atoms with van der Waals surface area (Å²) in [6.45, 7) is 4.54. The van der Waals surface area contributed by atoms with Crippen LogP contribution in [-0.2, 0) is 4.74 Å². The van der Waals surface area contributed by atoms with Gasteiger partial charge in [0.2, 0.25) is 0 Å². The second-order valence-corrected chi connectivity index (χ2v) is 3.68. The molecule has 1 aromatic carbocycles. The molecule has 18 heavy (non-hydrogen) atoms. The Morgan fingerprint density at radius 3 is 2.72 bits per heavy atom. The van der Waals surface area contributed by atoms with Crippen molar-refractivity contribution in [3.05, 3.63) is 36.0 Å². The fraction of sp³-hybridized carbons (Fsp3) is 0.286. The van der Waals surface area contributed by atoms with Gasteiger partial charge >= 0.3 is 5.97 Å². The van der Waals surface area contributed by atoms with E-state index in [1.54, 1.807) is 13.0 Å². The number of para-hydroxylation sites is 1. The molecule has 1 aromatic heterocycles. The number of rotatable bonds is 4. The molecular formula is C14H15NO3. The summed E-state index contributed by atoms with van der Waals surface area (Å²) in [5.41, 5.74) is 1.01. The van der Waals surface area contributed by atoms with E-state index in [4.69, 9.17) is 9.47 Å². The van der Waals surface area contributed by atoms with Crippen LogP contribution in [0, 0.1) is 0 Å². The van der Waals surface area contributed by atoms with Crippen molar-refractivity contribution in [1.82, 2.24) is 4.98 Å². The molecule has 0 atom stereocenters. The number of carbonyl (C=O) groups is 1. The lowest BCUT2D eigenvalue weighted by molar-refractivity contribution is 0.0519. The molecule has 4 heteroatoms. The molecule has 94 valence electrons. The first-order valence-electron chi connectivity index (χ1n) is 5.96. The van der Waals surface area contributed by atoms with Crippen molar-refractivity contribution in [2.45, 2.75) is 13.8 Å². The smallest absolute Gasteiger partial charge is 0.357 e. The summed E-state index contributed by atoms with van der Waals surface area (Å²) in [5.74, 6) is 0.232. The Morgan fingerprint density at radius 1 is 1.22 bits per heavy atom. The van der Waals surface area contributed by atoms with Gasteiger partial charge in [-0.2, -0.15) is 0 Å². The molecule has 0 unspecified atom stereocenters. The van der Waals surface area contributed by atoms with Crippen molar-refractivity contribution in [3.8, 4) is 5.75 Å². The highest BCUT2D eigenvalue weighted by molar-refractivity contribution is 5.94. The summed E-state index contributed by atoms with van der Waals surface area (Å²) >= 11 is 0. The zero-order chi connectivity index (χ0) is 13.0. The molecular weight excluding hydrogens is 230 g/mol. The summed E-state index contributed by atoms with van der Waals surface area (Å²) in [5, 5.41) is 0.896. The number of hydrogen-bond acceptors (Lipinski definition) is 4. The third-order valence-corrected chi connectivity index (χ3v) is 2.46. The lowest BCUT2D eigenvalue weighted by Crippen LogP contribution is -2.08. The fourth-order valence-corrected chi connectivity index (χ4v) is 1.73. The van der Waals surface area contributed by atoms with E-state index in [0.717, 1.165) is 10.9 Å². The van der Waals surface area contributed by atoms with Crippen LogP contribution in [0.3, 0.4) is 0 Å². The number of pyridine rings is 1. The van der Waals surface area contributed by atoms with Crippen molar-refractivity contribution in [2.75, 3.05) is 13.2 Å². The number of carbonyl (C=O) groups excluding carboxylic acids is 1. The second kappa shape index (κ2) is 5.49. The Bertz CT molecular complexity index is 566. The number of hydrogen-bond donors (Lipinski definition) is 0. The second-order valence-electron chi connectivity index (χ2n) is 3.68. The van der Waals surface area contributed by atoms with E-state index in [1.807, 2.05) is 31.2 Å². The Balaban J connectivity index is 2.53. The van der Waals surface area contributed by atoms with Gasteiger partial charge in [0.05, 0.1) is 18.7 Å². The number of aromatic nitrogens is 1. The van der Waals surface area contributed by atoms with Gasteiger partial charge in [-0.25, -0.2) is 9.78 Å². The van der Waals surface area contributed by atoms with Crippen LogP contribution in [0.1, 0.15) is 24.3 Å². The highest BCUT2D eigenvalue weighted by atomic mass is 16.5. The minimum atomic E-state index is -0.427. The van der Waals surface area contributed by atoms with Crippen LogP contribution in [0.15, 0.2) is 30.3 Å². The normalized spacial score (nSPS) is 10.3. The van der Waals surface area contributed by atoms with Gasteiger partial charge in [-0.05, 0) is 26.0 Å². The van der Waals surface area contributed by atoms with Crippen LogP contribution in [0.5, 0.6) is 5.75 Å². The maximum atomic E-state index is 11.7. The van der Waals surface area contributed by atoms with E-state index >= 15 is 0 Å². The molecule has 0 spiro atoms. The Hall–Kier alpha value is -2.10. The minimum absolute atomic E-state index is 0.277. The molecule has 2 aromatic rings. The molecule has 0 aliphatic heterocycles. The van der Waals surface area contributed by atoms with Gasteiger partial charge in [0.15, 0.2) is 5.69 Å². The number of benzene rings is 1. The molecule has 0 radical (unpaired) electrons. The first-order valence-corrected chi connectivity index (χ1v) is 5.96. The van der Waals surface area contributed by atoms with E-state index < -0.39 is 5.97 Å². The average molecular weight is 245 g/mol. The molecule has 0 aliphatic carbocycles. The first-order chi connectivity index (χ1) is 8.76. The Labute approximate surface area is 106 Å². The number of fused-ring (bicyclic) bond motifs is 1. The molecule has 4 nitrogen and oxygen atoms in total. The maximum absolute atomic E-state index is 11.7. The highest BCUT2D eigenvalue weighted by Crippen LogP contribution is 2.25. The van der Waals surface area contributed by atoms with Crippen molar-refractivity contribution >= 4 is 16.9 Å². The van der Waals surface area contributed by atoms with Gasteiger partial charge in [-0.15, -0.1) is 0 Å². The van der Waals surface area contributed by atoms with Gasteiger partial charge in [-0.1, -0.05) is 12.1 Å². The molecule has 0 saturated carbocycles.